The summed E-state index contributed by atoms with van der Waals surface area (Å²) in [5.41, 5.74) is -2.87. The molecule has 1 saturated heterocycles. The summed E-state index contributed by atoms with van der Waals surface area (Å²) in [5, 5.41) is 0. The lowest BCUT2D eigenvalue weighted by molar-refractivity contribution is -0.137. The van der Waals surface area contributed by atoms with Gasteiger partial charge in [-0.2, -0.15) is 13.2 Å². The van der Waals surface area contributed by atoms with Crippen molar-refractivity contribution in [2.75, 3.05) is 6.61 Å². The fourth-order valence-electron chi connectivity index (χ4n) is 2.77. The summed E-state index contributed by atoms with van der Waals surface area (Å²) in [6.45, 7) is 11.0. The molecule has 0 radical (unpaired) electrons. The van der Waals surface area contributed by atoms with Crippen LogP contribution in [0.5, 0.6) is 0 Å². The van der Waals surface area contributed by atoms with Crippen LogP contribution in [0.1, 0.15) is 59.1 Å². The molecule has 0 unspecified atom stereocenters. The quantitative estimate of drug-likeness (QED) is 0.443. The second-order valence-corrected chi connectivity index (χ2v) is 8.16. The minimum absolute atomic E-state index is 0.0809. The van der Waals surface area contributed by atoms with E-state index in [0.29, 0.717) is 0 Å². The van der Waals surface area contributed by atoms with E-state index in [1.54, 1.807) is 27.7 Å². The molecule has 0 saturated carbocycles. The standard InChI is InChI=1S/C20H27BF4O3/c1-13(2)26-11-10-16(14-8-7-9-15(12-14)20(23,24)25)17(22)21-27-18(3,4)19(5,6)28-21/h7-9,12-13H,10-11H2,1-6H3. The van der Waals surface area contributed by atoms with Crippen LogP contribution in [0, 0.1) is 0 Å². The van der Waals surface area contributed by atoms with Gasteiger partial charge in [0.15, 0.2) is 0 Å². The Bertz CT molecular complexity index is 710. The van der Waals surface area contributed by atoms with E-state index in [9.17, 15) is 13.2 Å². The van der Waals surface area contributed by atoms with Gasteiger partial charge in [0.1, 0.15) is 5.73 Å². The maximum Gasteiger partial charge on any atom is 0.525 e. The van der Waals surface area contributed by atoms with E-state index in [4.69, 9.17) is 14.0 Å². The first-order chi connectivity index (χ1) is 12.7. The molecule has 1 heterocycles. The van der Waals surface area contributed by atoms with Crippen molar-refractivity contribution < 1.29 is 31.6 Å². The Labute approximate surface area is 164 Å². The zero-order valence-electron chi connectivity index (χ0n) is 17.1. The van der Waals surface area contributed by atoms with Crippen LogP contribution in [0.15, 0.2) is 30.0 Å². The van der Waals surface area contributed by atoms with Crippen LogP contribution < -0.4 is 0 Å². The van der Waals surface area contributed by atoms with E-state index in [1.165, 1.54) is 12.1 Å². The van der Waals surface area contributed by atoms with E-state index in [0.717, 1.165) is 12.1 Å². The zero-order valence-corrected chi connectivity index (χ0v) is 17.1. The number of benzene rings is 1. The monoisotopic (exact) mass is 402 g/mol. The van der Waals surface area contributed by atoms with Crippen LogP contribution in [0.4, 0.5) is 17.6 Å². The van der Waals surface area contributed by atoms with Gasteiger partial charge in [-0.3, -0.25) is 0 Å². The Hall–Kier alpha value is -1.38. The number of halogens is 4. The Balaban J connectivity index is 2.43. The van der Waals surface area contributed by atoms with Crippen LogP contribution in [-0.4, -0.2) is 31.0 Å². The van der Waals surface area contributed by atoms with Gasteiger partial charge >= 0.3 is 13.3 Å². The molecule has 1 aromatic rings. The summed E-state index contributed by atoms with van der Waals surface area (Å²) in [4.78, 5) is 0. The molecule has 8 heteroatoms. The predicted octanol–water partition coefficient (Wildman–Crippen LogP) is 5.83. The molecule has 1 fully saturated rings. The van der Waals surface area contributed by atoms with Crippen LogP contribution in [0.2, 0.25) is 0 Å². The number of hydrogen-bond donors (Lipinski definition) is 0. The van der Waals surface area contributed by atoms with Gasteiger partial charge in [0.05, 0.1) is 29.5 Å². The molecule has 1 aliphatic rings. The third-order valence-corrected chi connectivity index (χ3v) is 5.09. The van der Waals surface area contributed by atoms with Crippen molar-refractivity contribution in [1.82, 2.24) is 0 Å². The van der Waals surface area contributed by atoms with E-state index in [1.807, 2.05) is 13.8 Å². The van der Waals surface area contributed by atoms with Gasteiger partial charge in [0.2, 0.25) is 0 Å². The maximum absolute atomic E-state index is 15.4. The summed E-state index contributed by atoms with van der Waals surface area (Å²) in [6.07, 6.45) is -4.51. The fourth-order valence-corrected chi connectivity index (χ4v) is 2.77. The summed E-state index contributed by atoms with van der Waals surface area (Å²) in [5.74, 6) is 0. The molecule has 0 aliphatic carbocycles. The molecule has 28 heavy (non-hydrogen) atoms. The minimum atomic E-state index is -4.52. The number of hydrogen-bond acceptors (Lipinski definition) is 3. The Morgan fingerprint density at radius 3 is 2.18 bits per heavy atom. The second kappa shape index (κ2) is 8.16. The lowest BCUT2D eigenvalue weighted by atomic mass is 9.81. The van der Waals surface area contributed by atoms with Crippen molar-refractivity contribution in [3.63, 3.8) is 0 Å². The van der Waals surface area contributed by atoms with Gasteiger partial charge in [-0.05, 0) is 71.2 Å². The lowest BCUT2D eigenvalue weighted by Crippen LogP contribution is -2.41. The highest BCUT2D eigenvalue weighted by Gasteiger charge is 2.53. The van der Waals surface area contributed by atoms with Crippen LogP contribution >= 0.6 is 0 Å². The van der Waals surface area contributed by atoms with Crippen molar-refractivity contribution in [1.29, 1.82) is 0 Å². The highest BCUT2D eigenvalue weighted by Crippen LogP contribution is 2.41. The molecule has 0 N–H and O–H groups in total. The first-order valence-corrected chi connectivity index (χ1v) is 9.28. The largest absolute Gasteiger partial charge is 0.525 e. The Morgan fingerprint density at radius 1 is 1.11 bits per heavy atom. The van der Waals surface area contributed by atoms with Gasteiger partial charge in [-0.15, -0.1) is 0 Å². The minimum Gasteiger partial charge on any atom is -0.398 e. The summed E-state index contributed by atoms with van der Waals surface area (Å²) in [6, 6.07) is 4.61. The van der Waals surface area contributed by atoms with Crippen LogP contribution in [-0.2, 0) is 20.2 Å². The van der Waals surface area contributed by atoms with Gasteiger partial charge in [0, 0.05) is 0 Å². The molecule has 156 valence electrons. The third kappa shape index (κ3) is 5.16. The normalized spacial score (nSPS) is 19.9. The first kappa shape index (κ1) is 22.9. The maximum atomic E-state index is 15.4. The van der Waals surface area contributed by atoms with Crippen molar-refractivity contribution in [3.05, 3.63) is 41.1 Å². The van der Waals surface area contributed by atoms with Gasteiger partial charge < -0.3 is 14.0 Å². The molecule has 3 nitrogen and oxygen atoms in total. The van der Waals surface area contributed by atoms with Crippen molar-refractivity contribution in [3.8, 4) is 0 Å². The molecule has 0 amide bonds. The third-order valence-electron chi connectivity index (χ3n) is 5.09. The van der Waals surface area contributed by atoms with Crippen LogP contribution in [0.25, 0.3) is 5.57 Å². The van der Waals surface area contributed by atoms with E-state index in [2.05, 4.69) is 0 Å². The number of ether oxygens (including phenoxy) is 1. The van der Waals surface area contributed by atoms with Crippen LogP contribution in [0.3, 0.4) is 0 Å². The van der Waals surface area contributed by atoms with E-state index < -0.39 is 35.8 Å². The highest BCUT2D eigenvalue weighted by atomic mass is 19.4. The molecule has 0 spiro atoms. The average Bonchev–Trinajstić information content (AvgIpc) is 2.78. The predicted molar refractivity (Wildman–Crippen MR) is 101 cm³/mol. The second-order valence-electron chi connectivity index (χ2n) is 8.16. The summed E-state index contributed by atoms with van der Waals surface area (Å²) in [7, 11) is -1.28. The van der Waals surface area contributed by atoms with Gasteiger partial charge in [0.25, 0.3) is 0 Å². The molecule has 0 aromatic heterocycles. The molecular formula is C20H27BF4O3. The molecular weight excluding hydrogens is 375 g/mol. The highest BCUT2D eigenvalue weighted by molar-refractivity contribution is 6.55. The number of rotatable bonds is 6. The fraction of sp³-hybridized carbons (Fsp3) is 0.600. The molecule has 2 rings (SSSR count). The molecule has 1 aromatic carbocycles. The van der Waals surface area contributed by atoms with Crippen molar-refractivity contribution in [2.24, 2.45) is 0 Å². The topological polar surface area (TPSA) is 27.7 Å². The van der Waals surface area contributed by atoms with Gasteiger partial charge in [-0.25, -0.2) is 4.39 Å². The van der Waals surface area contributed by atoms with E-state index >= 15 is 4.39 Å². The zero-order chi connectivity index (χ0) is 21.3. The Morgan fingerprint density at radius 2 is 1.68 bits per heavy atom. The van der Waals surface area contributed by atoms with Crippen molar-refractivity contribution >= 4 is 12.7 Å². The summed E-state index contributed by atoms with van der Waals surface area (Å²) < 4.78 is 71.7. The molecule has 0 atom stereocenters. The summed E-state index contributed by atoms with van der Waals surface area (Å²) >= 11 is 0. The van der Waals surface area contributed by atoms with E-state index in [-0.39, 0.29) is 30.3 Å². The smallest absolute Gasteiger partial charge is 0.398 e. The molecule has 0 bridgehead atoms. The van der Waals surface area contributed by atoms with Crippen molar-refractivity contribution in [2.45, 2.75) is 71.4 Å². The van der Waals surface area contributed by atoms with Gasteiger partial charge in [-0.1, -0.05) is 12.1 Å². The SMILES string of the molecule is CC(C)OCCC(=C(F)B1OC(C)(C)C(C)(C)O1)c1cccc(C(F)(F)F)c1. The Kier molecular flexibility index (Phi) is 6.68. The average molecular weight is 402 g/mol. The molecule has 1 aliphatic heterocycles. The number of alkyl halides is 3. The lowest BCUT2D eigenvalue weighted by Gasteiger charge is -2.32. The first-order valence-electron chi connectivity index (χ1n) is 9.28.